The van der Waals surface area contributed by atoms with Crippen molar-refractivity contribution in [3.05, 3.63) is 0 Å². The van der Waals surface area contributed by atoms with E-state index in [4.69, 9.17) is 5.73 Å². The van der Waals surface area contributed by atoms with Crippen LogP contribution in [0.1, 0.15) is 40.0 Å². The van der Waals surface area contributed by atoms with Crippen LogP contribution in [0.2, 0.25) is 0 Å². The van der Waals surface area contributed by atoms with Crippen LogP contribution in [0.3, 0.4) is 0 Å². The first-order chi connectivity index (χ1) is 6.48. The highest BCUT2D eigenvalue weighted by atomic mass is 16.3. The fourth-order valence-corrected chi connectivity index (χ4v) is 2.41. The molecule has 0 bridgehead atoms. The number of aliphatic hydroxyl groups is 1. The van der Waals surface area contributed by atoms with Gasteiger partial charge in [-0.3, -0.25) is 0 Å². The Balaban J connectivity index is 2.85. The van der Waals surface area contributed by atoms with Gasteiger partial charge >= 0.3 is 0 Å². The first kappa shape index (κ1) is 11.6. The van der Waals surface area contributed by atoms with Crippen molar-refractivity contribution in [2.24, 2.45) is 16.6 Å². The Hall–Kier alpha value is -0.520. The second kappa shape index (κ2) is 3.92. The Bertz CT molecular complexity index is 261. The first-order valence-corrected chi connectivity index (χ1v) is 5.26. The van der Waals surface area contributed by atoms with E-state index in [1.54, 1.807) is 0 Å². The molecule has 1 aliphatic rings. The second-order valence-electron chi connectivity index (χ2n) is 5.06. The summed E-state index contributed by atoms with van der Waals surface area (Å²) in [6.07, 6.45) is 2.44. The van der Waals surface area contributed by atoms with Gasteiger partial charge in [0.1, 0.15) is 0 Å². The molecule has 0 aromatic heterocycles. The molecule has 0 aromatic rings. The Morgan fingerprint density at radius 3 is 2.43 bits per heavy atom. The van der Waals surface area contributed by atoms with Crippen molar-refractivity contribution in [2.75, 3.05) is 6.54 Å². The van der Waals surface area contributed by atoms with Gasteiger partial charge in [-0.15, -0.1) is 11.8 Å². The standard InChI is InChI=1S/C12H21NO/c1-4-5-6-12(9-13)8-7-11(2,3)10(12)14/h10,14H,6-9,13H2,1-3H3. The minimum Gasteiger partial charge on any atom is -0.392 e. The van der Waals surface area contributed by atoms with E-state index in [-0.39, 0.29) is 16.9 Å². The summed E-state index contributed by atoms with van der Waals surface area (Å²) in [6.45, 7) is 6.58. The van der Waals surface area contributed by atoms with Crippen molar-refractivity contribution in [3.63, 3.8) is 0 Å². The van der Waals surface area contributed by atoms with Crippen LogP contribution >= 0.6 is 0 Å². The SMILES string of the molecule is CC#CCC1(CN)CCC(C)(C)C1O. The van der Waals surface area contributed by atoms with Gasteiger partial charge in [0.25, 0.3) is 0 Å². The van der Waals surface area contributed by atoms with E-state index in [1.165, 1.54) is 0 Å². The lowest BCUT2D eigenvalue weighted by Crippen LogP contribution is -2.42. The zero-order chi connectivity index (χ0) is 10.8. The van der Waals surface area contributed by atoms with Crippen LogP contribution in [0.4, 0.5) is 0 Å². The summed E-state index contributed by atoms with van der Waals surface area (Å²) >= 11 is 0. The van der Waals surface area contributed by atoms with E-state index in [0.717, 1.165) is 19.3 Å². The van der Waals surface area contributed by atoms with Crippen LogP contribution in [0.15, 0.2) is 0 Å². The van der Waals surface area contributed by atoms with Crippen LogP contribution in [-0.4, -0.2) is 17.8 Å². The summed E-state index contributed by atoms with van der Waals surface area (Å²) in [5.74, 6) is 5.95. The van der Waals surface area contributed by atoms with Gasteiger partial charge in [0, 0.05) is 18.4 Å². The van der Waals surface area contributed by atoms with Gasteiger partial charge in [-0.25, -0.2) is 0 Å². The van der Waals surface area contributed by atoms with E-state index in [9.17, 15) is 5.11 Å². The molecule has 0 spiro atoms. The lowest BCUT2D eigenvalue weighted by Gasteiger charge is -2.34. The van der Waals surface area contributed by atoms with Gasteiger partial charge in [-0.05, 0) is 25.2 Å². The van der Waals surface area contributed by atoms with Gasteiger partial charge in [-0.1, -0.05) is 13.8 Å². The van der Waals surface area contributed by atoms with Crippen molar-refractivity contribution >= 4 is 0 Å². The van der Waals surface area contributed by atoms with Crippen molar-refractivity contribution in [2.45, 2.75) is 46.1 Å². The molecule has 0 aromatic carbocycles. The summed E-state index contributed by atoms with van der Waals surface area (Å²) < 4.78 is 0. The van der Waals surface area contributed by atoms with Gasteiger partial charge in [0.05, 0.1) is 6.10 Å². The number of rotatable bonds is 2. The maximum atomic E-state index is 10.2. The molecule has 14 heavy (non-hydrogen) atoms. The third kappa shape index (κ3) is 1.80. The normalized spacial score (nSPS) is 35.1. The van der Waals surface area contributed by atoms with Crippen molar-refractivity contribution in [1.82, 2.24) is 0 Å². The molecule has 0 saturated heterocycles. The summed E-state index contributed by atoms with van der Waals surface area (Å²) in [6, 6.07) is 0. The van der Waals surface area contributed by atoms with Crippen molar-refractivity contribution in [3.8, 4) is 11.8 Å². The van der Waals surface area contributed by atoms with E-state index >= 15 is 0 Å². The maximum absolute atomic E-state index is 10.2. The Morgan fingerprint density at radius 1 is 1.43 bits per heavy atom. The molecule has 1 aliphatic carbocycles. The molecule has 80 valence electrons. The predicted octanol–water partition coefficient (Wildman–Crippen LogP) is 1.53. The largest absolute Gasteiger partial charge is 0.392 e. The smallest absolute Gasteiger partial charge is 0.0668 e. The van der Waals surface area contributed by atoms with Crippen LogP contribution in [0.25, 0.3) is 0 Å². The minimum atomic E-state index is -0.319. The average molecular weight is 195 g/mol. The number of nitrogens with two attached hydrogens (primary N) is 1. The van der Waals surface area contributed by atoms with Gasteiger partial charge < -0.3 is 10.8 Å². The highest BCUT2D eigenvalue weighted by molar-refractivity contribution is 5.09. The van der Waals surface area contributed by atoms with E-state index in [0.29, 0.717) is 6.54 Å². The zero-order valence-corrected chi connectivity index (χ0v) is 9.43. The second-order valence-corrected chi connectivity index (χ2v) is 5.06. The molecular weight excluding hydrogens is 174 g/mol. The molecule has 0 radical (unpaired) electrons. The Kier molecular flexibility index (Phi) is 3.24. The molecule has 1 fully saturated rings. The molecule has 2 nitrogen and oxygen atoms in total. The maximum Gasteiger partial charge on any atom is 0.0668 e. The molecule has 1 saturated carbocycles. The third-order valence-electron chi connectivity index (χ3n) is 3.61. The van der Waals surface area contributed by atoms with Crippen LogP contribution in [0, 0.1) is 22.7 Å². The first-order valence-electron chi connectivity index (χ1n) is 5.26. The predicted molar refractivity (Wildman–Crippen MR) is 58.6 cm³/mol. The minimum absolute atomic E-state index is 0.00517. The fourth-order valence-electron chi connectivity index (χ4n) is 2.41. The topological polar surface area (TPSA) is 46.2 Å². The van der Waals surface area contributed by atoms with E-state index in [1.807, 2.05) is 6.92 Å². The van der Waals surface area contributed by atoms with Crippen LogP contribution < -0.4 is 5.73 Å². The summed E-state index contributed by atoms with van der Waals surface area (Å²) in [7, 11) is 0. The molecule has 2 unspecified atom stereocenters. The molecule has 0 amide bonds. The molecule has 2 heteroatoms. The van der Waals surface area contributed by atoms with E-state index in [2.05, 4.69) is 25.7 Å². The molecule has 1 rings (SSSR count). The molecule has 3 N–H and O–H groups in total. The van der Waals surface area contributed by atoms with Crippen molar-refractivity contribution < 1.29 is 5.11 Å². The highest BCUT2D eigenvalue weighted by Crippen LogP contribution is 2.50. The average Bonchev–Trinajstić information content (AvgIpc) is 2.39. The Labute approximate surface area is 86.9 Å². The molecule has 0 heterocycles. The quantitative estimate of drug-likeness (QED) is 0.656. The van der Waals surface area contributed by atoms with Crippen molar-refractivity contribution in [1.29, 1.82) is 0 Å². The monoisotopic (exact) mass is 195 g/mol. The summed E-state index contributed by atoms with van der Waals surface area (Å²) in [5, 5.41) is 10.2. The van der Waals surface area contributed by atoms with Gasteiger partial charge in [0.15, 0.2) is 0 Å². The summed E-state index contributed by atoms with van der Waals surface area (Å²) in [4.78, 5) is 0. The zero-order valence-electron chi connectivity index (χ0n) is 9.43. The lowest BCUT2D eigenvalue weighted by molar-refractivity contribution is -0.00226. The van der Waals surface area contributed by atoms with Crippen LogP contribution in [-0.2, 0) is 0 Å². The molecular formula is C12H21NO. The molecule has 2 atom stereocenters. The van der Waals surface area contributed by atoms with Crippen LogP contribution in [0.5, 0.6) is 0 Å². The highest BCUT2D eigenvalue weighted by Gasteiger charge is 2.50. The Morgan fingerprint density at radius 2 is 2.07 bits per heavy atom. The lowest BCUT2D eigenvalue weighted by atomic mass is 9.76. The van der Waals surface area contributed by atoms with Gasteiger partial charge in [-0.2, -0.15) is 0 Å². The number of hydrogen-bond acceptors (Lipinski definition) is 2. The fraction of sp³-hybridized carbons (Fsp3) is 0.833. The summed E-state index contributed by atoms with van der Waals surface area (Å²) in [5.41, 5.74) is 5.63. The molecule has 0 aliphatic heterocycles. The van der Waals surface area contributed by atoms with Gasteiger partial charge in [0.2, 0.25) is 0 Å². The van der Waals surface area contributed by atoms with E-state index < -0.39 is 0 Å². The number of hydrogen-bond donors (Lipinski definition) is 2. The number of aliphatic hydroxyl groups excluding tert-OH is 1. The third-order valence-corrected chi connectivity index (χ3v) is 3.61.